The molecule has 3 aliphatic rings. The van der Waals surface area contributed by atoms with Crippen LogP contribution in [0.15, 0.2) is 0 Å². The second kappa shape index (κ2) is 4.77. The second-order valence-corrected chi connectivity index (χ2v) is 8.07. The van der Waals surface area contributed by atoms with Gasteiger partial charge in [0.15, 0.2) is 0 Å². The van der Waals surface area contributed by atoms with Crippen LogP contribution in [0.2, 0.25) is 0 Å². The molecule has 6 heteroatoms. The lowest BCUT2D eigenvalue weighted by Gasteiger charge is -2.34. The molecule has 0 unspecified atom stereocenters. The van der Waals surface area contributed by atoms with Gasteiger partial charge < -0.3 is 10.2 Å². The molecule has 1 N–H and O–H groups in total. The summed E-state index contributed by atoms with van der Waals surface area (Å²) in [5, 5.41) is 3.02. The van der Waals surface area contributed by atoms with E-state index in [1.54, 1.807) is 4.90 Å². The maximum absolute atomic E-state index is 12.5. The van der Waals surface area contributed by atoms with Crippen molar-refractivity contribution in [1.82, 2.24) is 10.2 Å². The van der Waals surface area contributed by atoms with Crippen LogP contribution in [0, 0.1) is 11.3 Å². The summed E-state index contributed by atoms with van der Waals surface area (Å²) in [4.78, 5) is 26.4. The molecular formula is C14H20Cl2N2O2. The van der Waals surface area contributed by atoms with E-state index in [1.807, 2.05) is 6.92 Å². The van der Waals surface area contributed by atoms with Crippen molar-refractivity contribution in [2.75, 3.05) is 13.1 Å². The summed E-state index contributed by atoms with van der Waals surface area (Å²) in [7, 11) is 0. The Morgan fingerprint density at radius 2 is 1.90 bits per heavy atom. The second-order valence-electron chi connectivity index (χ2n) is 6.59. The lowest BCUT2D eigenvalue weighted by molar-refractivity contribution is -0.140. The number of carbonyl (C=O) groups excluding carboxylic acids is 2. The van der Waals surface area contributed by atoms with E-state index in [0.717, 1.165) is 25.7 Å². The molecule has 1 heterocycles. The average Bonchev–Trinajstić information content (AvgIpc) is 3.29. The number of carbonyl (C=O) groups is 2. The Morgan fingerprint density at radius 1 is 1.25 bits per heavy atom. The topological polar surface area (TPSA) is 49.4 Å². The number of nitrogens with one attached hydrogen (secondary N) is 1. The number of hydrogen-bond acceptors (Lipinski definition) is 2. The maximum atomic E-state index is 12.5. The van der Waals surface area contributed by atoms with E-state index in [0.29, 0.717) is 25.6 Å². The van der Waals surface area contributed by atoms with Crippen LogP contribution in [0.4, 0.5) is 0 Å². The minimum absolute atomic E-state index is 0.00794. The molecule has 2 saturated carbocycles. The van der Waals surface area contributed by atoms with E-state index in [-0.39, 0.29) is 17.7 Å². The SMILES string of the molecule is C[C@@]1(C(=O)N2CCC[C@H](C(=O)NC3CC3)C2)CC1(Cl)Cl. The first kappa shape index (κ1) is 14.5. The lowest BCUT2D eigenvalue weighted by atomic mass is 9.95. The fraction of sp³-hybridized carbons (Fsp3) is 0.857. The van der Waals surface area contributed by atoms with Crippen molar-refractivity contribution < 1.29 is 9.59 Å². The highest BCUT2D eigenvalue weighted by Gasteiger charge is 2.68. The Morgan fingerprint density at radius 3 is 2.45 bits per heavy atom. The summed E-state index contributed by atoms with van der Waals surface area (Å²) in [5.41, 5.74) is -0.676. The number of piperidine rings is 1. The van der Waals surface area contributed by atoms with Crippen LogP contribution >= 0.6 is 23.2 Å². The largest absolute Gasteiger partial charge is 0.353 e. The average molecular weight is 319 g/mol. The van der Waals surface area contributed by atoms with Crippen molar-refractivity contribution in [3.63, 3.8) is 0 Å². The highest BCUT2D eigenvalue weighted by Crippen LogP contribution is 2.64. The number of rotatable bonds is 3. The van der Waals surface area contributed by atoms with Crippen LogP contribution in [0.5, 0.6) is 0 Å². The number of halogens is 2. The standard InChI is InChI=1S/C14H20Cl2N2O2/c1-13(8-14(13,15)16)12(20)18-6-2-3-9(7-18)11(19)17-10-4-5-10/h9-10H,2-8H2,1H3,(H,17,19)/t9-,13-/m0/s1. The molecule has 2 atom stereocenters. The first-order valence-corrected chi connectivity index (χ1v) is 8.07. The van der Waals surface area contributed by atoms with E-state index in [1.165, 1.54) is 0 Å². The molecule has 0 radical (unpaired) electrons. The molecule has 112 valence electrons. The fourth-order valence-corrected chi connectivity index (χ4v) is 3.60. The Bertz CT molecular complexity index is 450. The van der Waals surface area contributed by atoms with Crippen molar-refractivity contribution in [1.29, 1.82) is 0 Å². The molecule has 0 aromatic rings. The van der Waals surface area contributed by atoms with Gasteiger partial charge in [0.05, 0.1) is 11.3 Å². The zero-order valence-corrected chi connectivity index (χ0v) is 13.1. The minimum atomic E-state index is -0.937. The van der Waals surface area contributed by atoms with Gasteiger partial charge in [0.2, 0.25) is 11.8 Å². The van der Waals surface area contributed by atoms with Gasteiger partial charge in [0.25, 0.3) is 0 Å². The third-order valence-electron chi connectivity index (χ3n) is 4.73. The Labute approximate surface area is 129 Å². The van der Waals surface area contributed by atoms with E-state index >= 15 is 0 Å². The molecule has 2 aliphatic carbocycles. The summed E-state index contributed by atoms with van der Waals surface area (Å²) in [6.07, 6.45) is 4.38. The molecule has 0 aromatic heterocycles. The van der Waals surface area contributed by atoms with Crippen LogP contribution in [0.3, 0.4) is 0 Å². The van der Waals surface area contributed by atoms with Crippen LogP contribution in [0.1, 0.15) is 39.0 Å². The molecule has 0 aromatic carbocycles. The molecule has 0 bridgehead atoms. The van der Waals surface area contributed by atoms with Gasteiger partial charge in [-0.1, -0.05) is 0 Å². The highest BCUT2D eigenvalue weighted by atomic mass is 35.5. The van der Waals surface area contributed by atoms with E-state index in [9.17, 15) is 9.59 Å². The van der Waals surface area contributed by atoms with E-state index in [4.69, 9.17) is 23.2 Å². The van der Waals surface area contributed by atoms with Crippen molar-refractivity contribution in [2.24, 2.45) is 11.3 Å². The minimum Gasteiger partial charge on any atom is -0.353 e. The number of likely N-dealkylation sites (tertiary alicyclic amines) is 1. The van der Waals surface area contributed by atoms with E-state index < -0.39 is 9.75 Å². The molecule has 3 fully saturated rings. The van der Waals surface area contributed by atoms with Gasteiger partial charge in [-0.2, -0.15) is 0 Å². The smallest absolute Gasteiger partial charge is 0.231 e. The predicted molar refractivity (Wildman–Crippen MR) is 77.6 cm³/mol. The predicted octanol–water partition coefficient (Wildman–Crippen LogP) is 2.09. The van der Waals surface area contributed by atoms with Gasteiger partial charge in [0, 0.05) is 19.1 Å². The lowest BCUT2D eigenvalue weighted by Crippen LogP contribution is -2.48. The van der Waals surface area contributed by atoms with E-state index in [2.05, 4.69) is 5.32 Å². The van der Waals surface area contributed by atoms with Gasteiger partial charge in [-0.3, -0.25) is 9.59 Å². The number of hydrogen-bond donors (Lipinski definition) is 1. The van der Waals surface area contributed by atoms with Crippen LogP contribution in [-0.4, -0.2) is 40.2 Å². The molecule has 4 nitrogen and oxygen atoms in total. The van der Waals surface area contributed by atoms with Gasteiger partial charge in [0.1, 0.15) is 4.33 Å². The van der Waals surface area contributed by atoms with Crippen molar-refractivity contribution in [3.05, 3.63) is 0 Å². The Balaban J connectivity index is 1.60. The third-order valence-corrected chi connectivity index (χ3v) is 5.83. The summed E-state index contributed by atoms with van der Waals surface area (Å²) < 4.78 is -0.937. The van der Waals surface area contributed by atoms with Gasteiger partial charge in [-0.15, -0.1) is 23.2 Å². The van der Waals surface area contributed by atoms with Crippen LogP contribution < -0.4 is 5.32 Å². The molecule has 1 aliphatic heterocycles. The molecule has 1 saturated heterocycles. The molecule has 2 amide bonds. The quantitative estimate of drug-likeness (QED) is 0.810. The molecule has 20 heavy (non-hydrogen) atoms. The Hall–Kier alpha value is -0.480. The van der Waals surface area contributed by atoms with Gasteiger partial charge >= 0.3 is 0 Å². The number of nitrogens with zero attached hydrogens (tertiary/aromatic N) is 1. The first-order chi connectivity index (χ1) is 9.33. The third kappa shape index (κ3) is 2.52. The van der Waals surface area contributed by atoms with Crippen molar-refractivity contribution >= 4 is 35.0 Å². The summed E-state index contributed by atoms with van der Waals surface area (Å²) in [6.45, 7) is 3.01. The number of alkyl halides is 2. The first-order valence-electron chi connectivity index (χ1n) is 7.31. The molecule has 3 rings (SSSR count). The fourth-order valence-electron chi connectivity index (χ4n) is 2.90. The van der Waals surface area contributed by atoms with Crippen molar-refractivity contribution in [2.45, 2.75) is 49.4 Å². The molecule has 0 spiro atoms. The van der Waals surface area contributed by atoms with Gasteiger partial charge in [-0.05, 0) is 39.0 Å². The summed E-state index contributed by atoms with van der Waals surface area (Å²) in [6, 6.07) is 0.368. The molecular weight excluding hydrogens is 299 g/mol. The Kier molecular flexibility index (Phi) is 3.45. The zero-order valence-electron chi connectivity index (χ0n) is 11.6. The summed E-state index contributed by atoms with van der Waals surface area (Å²) in [5.74, 6) is -0.00363. The van der Waals surface area contributed by atoms with Crippen LogP contribution in [-0.2, 0) is 9.59 Å². The van der Waals surface area contributed by atoms with Crippen LogP contribution in [0.25, 0.3) is 0 Å². The van der Waals surface area contributed by atoms with Gasteiger partial charge in [-0.25, -0.2) is 0 Å². The zero-order chi connectivity index (χ0) is 14.5. The normalized spacial score (nSPS) is 35.5. The number of amides is 2. The maximum Gasteiger partial charge on any atom is 0.231 e. The van der Waals surface area contributed by atoms with Crippen molar-refractivity contribution in [3.8, 4) is 0 Å². The summed E-state index contributed by atoms with van der Waals surface area (Å²) >= 11 is 12.2. The monoisotopic (exact) mass is 318 g/mol. The highest BCUT2D eigenvalue weighted by molar-refractivity contribution is 6.53.